The highest BCUT2D eigenvalue weighted by Crippen LogP contribution is 2.38. The lowest BCUT2D eigenvalue weighted by atomic mass is 9.90. The van der Waals surface area contributed by atoms with Gasteiger partial charge in [0, 0.05) is 31.6 Å². The zero-order valence-corrected chi connectivity index (χ0v) is 39.6. The summed E-state index contributed by atoms with van der Waals surface area (Å²) in [5.74, 6) is 0.980. The van der Waals surface area contributed by atoms with Crippen molar-refractivity contribution >= 4 is 25.5 Å². The third-order valence-corrected chi connectivity index (χ3v) is 12.1. The lowest BCUT2D eigenvalue weighted by Gasteiger charge is -2.28. The first-order valence-corrected chi connectivity index (χ1v) is 24.6. The number of ketones is 1. The molecule has 1 aliphatic rings. The van der Waals surface area contributed by atoms with E-state index >= 15 is 0 Å². The van der Waals surface area contributed by atoms with E-state index < -0.39 is 38.6 Å². The van der Waals surface area contributed by atoms with Crippen LogP contribution in [-0.2, 0) is 50.3 Å². The first kappa shape index (κ1) is 54.3. The van der Waals surface area contributed by atoms with Gasteiger partial charge in [0.1, 0.15) is 31.3 Å². The average molecular weight is 878 g/mol. The molecule has 0 fully saturated rings. The number of carbonyl (C=O) groups excluding carboxylic acids is 3. The van der Waals surface area contributed by atoms with E-state index in [1.165, 1.54) is 24.0 Å². The second-order valence-electron chi connectivity index (χ2n) is 17.7. The molecular formula is C48H80NO11P. The van der Waals surface area contributed by atoms with Gasteiger partial charge in [-0.2, -0.15) is 0 Å². The monoisotopic (exact) mass is 878 g/mol. The number of likely N-dealkylation sites (N-methyl/N-ethyl adjacent to an activating group) is 1. The Bertz CT molecular complexity index is 1560. The Morgan fingerprint density at radius 1 is 0.852 bits per heavy atom. The predicted molar refractivity (Wildman–Crippen MR) is 239 cm³/mol. The molecule has 1 aromatic rings. The number of carbonyl (C=O) groups is 3. The smallest absolute Gasteiger partial charge is 0.306 e. The van der Waals surface area contributed by atoms with Crippen molar-refractivity contribution in [1.29, 1.82) is 0 Å². The summed E-state index contributed by atoms with van der Waals surface area (Å²) in [6.45, 7) is 8.12. The maximum absolute atomic E-state index is 12.8. The molecule has 1 heterocycles. The highest BCUT2D eigenvalue weighted by molar-refractivity contribution is 7.45. The highest BCUT2D eigenvalue weighted by Gasteiger charge is 2.27. The highest BCUT2D eigenvalue weighted by atomic mass is 31.2. The van der Waals surface area contributed by atoms with E-state index in [1.54, 1.807) is 12.2 Å². The van der Waals surface area contributed by atoms with Gasteiger partial charge in [0.2, 0.25) is 0 Å². The molecule has 1 aromatic heterocycles. The second kappa shape index (κ2) is 30.3. The van der Waals surface area contributed by atoms with E-state index in [9.17, 15) is 28.9 Å². The van der Waals surface area contributed by atoms with Crippen molar-refractivity contribution in [2.75, 3.05) is 47.5 Å². The Labute approximate surface area is 367 Å². The standard InChI is InChI=1S/C48H80NO11P/c1-8-10-18-25-41(50)31-32-43-40(30-33-44(43)51)24-20-16-17-23-29-48(53)59-42(37-58-61(54,55)57-35-34-49(5,6)7)36-56-47(52)28-22-15-13-12-14-21-27-46-39(4)38(3)45(60-46)26-19-11-9-2/h16,20,30-33,40-43,50H,8-15,17-19,21-29,34-37H2,1-7H3/b20-16-,32-31+/t40-,41-,42+,43+/m0/s1. The molecule has 348 valence electrons. The van der Waals surface area contributed by atoms with Gasteiger partial charge in [-0.15, -0.1) is 0 Å². The van der Waals surface area contributed by atoms with Crippen molar-refractivity contribution in [2.24, 2.45) is 11.8 Å². The van der Waals surface area contributed by atoms with Crippen LogP contribution >= 0.6 is 7.82 Å². The van der Waals surface area contributed by atoms with Crippen LogP contribution in [0.4, 0.5) is 0 Å². The molecule has 1 aliphatic carbocycles. The summed E-state index contributed by atoms with van der Waals surface area (Å²) in [5, 5.41) is 10.2. The van der Waals surface area contributed by atoms with Crippen molar-refractivity contribution in [1.82, 2.24) is 0 Å². The van der Waals surface area contributed by atoms with Gasteiger partial charge in [-0.1, -0.05) is 102 Å². The van der Waals surface area contributed by atoms with Crippen molar-refractivity contribution in [3.05, 3.63) is 59.1 Å². The number of quaternary nitrogens is 1. The Balaban J connectivity index is 1.76. The van der Waals surface area contributed by atoms with E-state index in [2.05, 4.69) is 27.7 Å². The van der Waals surface area contributed by atoms with E-state index in [0.29, 0.717) is 43.1 Å². The van der Waals surface area contributed by atoms with Gasteiger partial charge < -0.3 is 37.4 Å². The SMILES string of the molecule is CCCCCc1oc(CCCCCCCCC(=O)OC[C@H](COP(=O)([O-])OCC[N+](C)(C)C)OC(=O)CCC/C=C\C[C@H]2C=CC(=O)[C@@H]2/C=C/[C@@H](O)CCCCC)c(C)c1C. The number of phosphoric ester groups is 1. The van der Waals surface area contributed by atoms with Crippen molar-refractivity contribution in [3.63, 3.8) is 0 Å². The van der Waals surface area contributed by atoms with Crippen LogP contribution in [0.5, 0.6) is 0 Å². The summed E-state index contributed by atoms with van der Waals surface area (Å²) in [6.07, 6.45) is 26.4. The quantitative estimate of drug-likeness (QED) is 0.0227. The lowest BCUT2D eigenvalue weighted by Crippen LogP contribution is -2.37. The van der Waals surface area contributed by atoms with Crippen molar-refractivity contribution in [2.45, 2.75) is 168 Å². The minimum Gasteiger partial charge on any atom is -0.756 e. The fourth-order valence-corrected chi connectivity index (χ4v) is 7.79. The maximum atomic E-state index is 12.8. The van der Waals surface area contributed by atoms with E-state index in [0.717, 1.165) is 82.1 Å². The van der Waals surface area contributed by atoms with Crippen LogP contribution in [0.3, 0.4) is 0 Å². The normalized spacial score (nSPS) is 17.7. The molecule has 13 heteroatoms. The second-order valence-corrected chi connectivity index (χ2v) is 19.1. The molecule has 1 N–H and O–H groups in total. The fourth-order valence-electron chi connectivity index (χ4n) is 7.06. The molecule has 0 aliphatic heterocycles. The van der Waals surface area contributed by atoms with Crippen molar-refractivity contribution in [3.8, 4) is 0 Å². The third kappa shape index (κ3) is 24.5. The van der Waals surface area contributed by atoms with Crippen LogP contribution in [0.25, 0.3) is 0 Å². The number of nitrogens with zero attached hydrogens (tertiary/aromatic N) is 1. The number of aliphatic hydroxyl groups is 1. The molecule has 0 spiro atoms. The van der Waals surface area contributed by atoms with Crippen LogP contribution < -0.4 is 4.89 Å². The molecule has 0 saturated heterocycles. The zero-order chi connectivity index (χ0) is 45.1. The molecule has 5 atom stereocenters. The molecule has 0 amide bonds. The van der Waals surface area contributed by atoms with Gasteiger partial charge in [-0.25, -0.2) is 0 Å². The molecular weight excluding hydrogens is 797 g/mol. The molecule has 0 aromatic carbocycles. The summed E-state index contributed by atoms with van der Waals surface area (Å²) in [6, 6.07) is 0. The van der Waals surface area contributed by atoms with Crippen LogP contribution in [-0.4, -0.2) is 87.0 Å². The van der Waals surface area contributed by atoms with Gasteiger partial charge >= 0.3 is 11.9 Å². The first-order valence-electron chi connectivity index (χ1n) is 23.1. The van der Waals surface area contributed by atoms with E-state index in [-0.39, 0.29) is 43.7 Å². The fraction of sp³-hybridized carbons (Fsp3) is 0.729. The summed E-state index contributed by atoms with van der Waals surface area (Å²) in [7, 11) is 1.01. The number of allylic oxidation sites excluding steroid dienone is 5. The Morgan fingerprint density at radius 3 is 2.15 bits per heavy atom. The van der Waals surface area contributed by atoms with Gasteiger partial charge in [0.15, 0.2) is 11.9 Å². The third-order valence-electron chi connectivity index (χ3n) is 11.1. The minimum absolute atomic E-state index is 0.00988. The van der Waals surface area contributed by atoms with Crippen LogP contribution in [0.2, 0.25) is 0 Å². The molecule has 61 heavy (non-hydrogen) atoms. The largest absolute Gasteiger partial charge is 0.756 e. The van der Waals surface area contributed by atoms with E-state index in [1.807, 2.05) is 45.4 Å². The number of hydrogen-bond donors (Lipinski definition) is 1. The van der Waals surface area contributed by atoms with Crippen LogP contribution in [0, 0.1) is 25.7 Å². The molecule has 2 rings (SSSR count). The molecule has 0 radical (unpaired) electrons. The summed E-state index contributed by atoms with van der Waals surface area (Å²) in [5.41, 5.74) is 2.58. The summed E-state index contributed by atoms with van der Waals surface area (Å²) >= 11 is 0. The number of hydrogen-bond acceptors (Lipinski definition) is 11. The van der Waals surface area contributed by atoms with Crippen LogP contribution in [0.15, 0.2) is 40.9 Å². The number of furan rings is 1. The van der Waals surface area contributed by atoms with Gasteiger partial charge in [0.05, 0.1) is 33.9 Å². The van der Waals surface area contributed by atoms with Crippen molar-refractivity contribution < 1.29 is 56.4 Å². The van der Waals surface area contributed by atoms with Gasteiger partial charge in [-0.3, -0.25) is 18.9 Å². The minimum atomic E-state index is -4.70. The van der Waals surface area contributed by atoms with Gasteiger partial charge in [0.25, 0.3) is 7.82 Å². The Morgan fingerprint density at radius 2 is 1.48 bits per heavy atom. The number of esters is 2. The average Bonchev–Trinajstić information content (AvgIpc) is 3.69. The number of unbranched alkanes of at least 4 members (excludes halogenated alkanes) is 10. The van der Waals surface area contributed by atoms with Gasteiger partial charge in [-0.05, 0) is 81.9 Å². The maximum Gasteiger partial charge on any atom is 0.306 e. The topological polar surface area (TPSA) is 162 Å². The Hall–Kier alpha value is -2.86. The molecule has 0 bridgehead atoms. The number of phosphoric acid groups is 1. The zero-order valence-electron chi connectivity index (χ0n) is 38.7. The molecule has 12 nitrogen and oxygen atoms in total. The number of aliphatic hydroxyl groups excluding tert-OH is 1. The van der Waals surface area contributed by atoms with Crippen LogP contribution in [0.1, 0.15) is 152 Å². The predicted octanol–water partition coefficient (Wildman–Crippen LogP) is 9.55. The summed E-state index contributed by atoms with van der Waals surface area (Å²) < 4.78 is 40.2. The number of ether oxygens (including phenoxy) is 2. The summed E-state index contributed by atoms with van der Waals surface area (Å²) in [4.78, 5) is 50.3. The molecule has 1 unspecified atom stereocenters. The lowest BCUT2D eigenvalue weighted by molar-refractivity contribution is -0.870. The Kier molecular flexibility index (Phi) is 26.9. The van der Waals surface area contributed by atoms with E-state index in [4.69, 9.17) is 22.9 Å². The number of aryl methyl sites for hydroxylation is 2. The molecule has 0 saturated carbocycles. The number of rotatable bonds is 35. The first-order chi connectivity index (χ1) is 29.0.